The van der Waals surface area contributed by atoms with Crippen LogP contribution in [0.1, 0.15) is 28.8 Å². The normalized spacial score (nSPS) is 11.9. The largest absolute Gasteiger partial charge is 0.508 e. The lowest BCUT2D eigenvalue weighted by Gasteiger charge is -2.08. The molecule has 0 bridgehead atoms. The van der Waals surface area contributed by atoms with Gasteiger partial charge in [0, 0.05) is 35.1 Å². The highest BCUT2D eigenvalue weighted by molar-refractivity contribution is 7.14. The van der Waals surface area contributed by atoms with Crippen molar-refractivity contribution in [3.05, 3.63) is 59.0 Å². The second kappa shape index (κ2) is 7.55. The number of aliphatic hydroxyl groups excluding tert-OH is 1. The number of hydrogen-bond donors (Lipinski definition) is 4. The molecule has 134 valence electrons. The number of benzene rings is 2. The van der Waals surface area contributed by atoms with Crippen molar-refractivity contribution in [2.45, 2.75) is 12.8 Å². The molecule has 4 N–H and O–H groups in total. The standard InChI is InChI=1S/C19H18N2O4S/c1-11(9-22)12-2-4-13(5-3-12)18(25)21-19-20-16(10-26-19)15-7-6-14(23)8-17(15)24/h2-8,10-11,22-24H,9H2,1H3,(H,20,21,25). The van der Waals surface area contributed by atoms with Crippen molar-refractivity contribution in [1.82, 2.24) is 4.98 Å². The van der Waals surface area contributed by atoms with Gasteiger partial charge in [0.05, 0.1) is 5.69 Å². The molecule has 6 nitrogen and oxygen atoms in total. The van der Waals surface area contributed by atoms with Crippen LogP contribution in [0.4, 0.5) is 5.13 Å². The topological polar surface area (TPSA) is 103 Å². The van der Waals surface area contributed by atoms with E-state index in [0.29, 0.717) is 22.0 Å². The first-order valence-electron chi connectivity index (χ1n) is 7.98. The third-order valence-corrected chi connectivity index (χ3v) is 4.76. The van der Waals surface area contributed by atoms with Crippen LogP contribution in [-0.2, 0) is 0 Å². The van der Waals surface area contributed by atoms with Crippen molar-refractivity contribution >= 4 is 22.4 Å². The summed E-state index contributed by atoms with van der Waals surface area (Å²) in [5.74, 6) is -0.383. The molecule has 0 aliphatic carbocycles. The summed E-state index contributed by atoms with van der Waals surface area (Å²) in [4.78, 5) is 16.7. The maximum Gasteiger partial charge on any atom is 0.257 e. The third kappa shape index (κ3) is 3.84. The zero-order chi connectivity index (χ0) is 18.7. The van der Waals surface area contributed by atoms with E-state index in [1.807, 2.05) is 19.1 Å². The van der Waals surface area contributed by atoms with Crippen molar-refractivity contribution in [2.24, 2.45) is 0 Å². The number of thiazole rings is 1. The van der Waals surface area contributed by atoms with Gasteiger partial charge in [0.1, 0.15) is 11.5 Å². The van der Waals surface area contributed by atoms with Crippen molar-refractivity contribution in [3.8, 4) is 22.8 Å². The molecule has 1 atom stereocenters. The van der Waals surface area contributed by atoms with E-state index in [4.69, 9.17) is 0 Å². The van der Waals surface area contributed by atoms with Crippen LogP contribution in [0.15, 0.2) is 47.8 Å². The monoisotopic (exact) mass is 370 g/mol. The summed E-state index contributed by atoms with van der Waals surface area (Å²) >= 11 is 1.24. The van der Waals surface area contributed by atoms with Crippen LogP contribution in [-0.4, -0.2) is 32.8 Å². The van der Waals surface area contributed by atoms with E-state index in [9.17, 15) is 20.1 Å². The molecule has 0 spiro atoms. The van der Waals surface area contributed by atoms with E-state index >= 15 is 0 Å². The highest BCUT2D eigenvalue weighted by atomic mass is 32.1. The first-order chi connectivity index (χ1) is 12.5. The average molecular weight is 370 g/mol. The van der Waals surface area contributed by atoms with Gasteiger partial charge in [0.2, 0.25) is 0 Å². The molecule has 3 rings (SSSR count). The highest BCUT2D eigenvalue weighted by Gasteiger charge is 2.13. The fourth-order valence-electron chi connectivity index (χ4n) is 2.43. The number of anilines is 1. The molecule has 0 saturated heterocycles. The minimum atomic E-state index is -0.288. The molecule has 2 aromatic carbocycles. The average Bonchev–Trinajstić information content (AvgIpc) is 3.09. The Morgan fingerprint density at radius 3 is 2.58 bits per heavy atom. The predicted molar refractivity (Wildman–Crippen MR) is 101 cm³/mol. The fraction of sp³-hybridized carbons (Fsp3) is 0.158. The summed E-state index contributed by atoms with van der Waals surface area (Å²) in [6.45, 7) is 1.96. The van der Waals surface area contributed by atoms with Gasteiger partial charge >= 0.3 is 0 Å². The fourth-order valence-corrected chi connectivity index (χ4v) is 3.13. The van der Waals surface area contributed by atoms with Gasteiger partial charge in [-0.05, 0) is 29.8 Å². The number of carbonyl (C=O) groups is 1. The van der Waals surface area contributed by atoms with Gasteiger partial charge < -0.3 is 15.3 Å². The Kier molecular flexibility index (Phi) is 5.20. The molecule has 1 aromatic heterocycles. The van der Waals surface area contributed by atoms with Crippen LogP contribution in [0.2, 0.25) is 0 Å². The first kappa shape index (κ1) is 17.9. The van der Waals surface area contributed by atoms with Crippen LogP contribution in [0, 0.1) is 0 Å². The molecule has 1 unspecified atom stereocenters. The van der Waals surface area contributed by atoms with Gasteiger partial charge in [-0.25, -0.2) is 4.98 Å². The zero-order valence-corrected chi connectivity index (χ0v) is 14.8. The minimum absolute atomic E-state index is 0.0200. The molecule has 26 heavy (non-hydrogen) atoms. The molecule has 7 heteroatoms. The quantitative estimate of drug-likeness (QED) is 0.550. The van der Waals surface area contributed by atoms with E-state index in [0.717, 1.165) is 5.56 Å². The van der Waals surface area contributed by atoms with Crippen LogP contribution in [0.25, 0.3) is 11.3 Å². The number of carbonyl (C=O) groups excluding carboxylic acids is 1. The van der Waals surface area contributed by atoms with E-state index in [-0.39, 0.29) is 29.9 Å². The van der Waals surface area contributed by atoms with Crippen LogP contribution in [0.3, 0.4) is 0 Å². The maximum absolute atomic E-state index is 12.3. The number of nitrogens with zero attached hydrogens (tertiary/aromatic N) is 1. The highest BCUT2D eigenvalue weighted by Crippen LogP contribution is 2.33. The number of phenols is 2. The molecule has 1 amide bonds. The van der Waals surface area contributed by atoms with E-state index in [1.54, 1.807) is 23.6 Å². The lowest BCUT2D eigenvalue weighted by Crippen LogP contribution is -2.12. The summed E-state index contributed by atoms with van der Waals surface area (Å²) < 4.78 is 0. The Bertz CT molecular complexity index is 922. The molecule has 0 aliphatic heterocycles. The Hall–Kier alpha value is -2.90. The van der Waals surface area contributed by atoms with Crippen molar-refractivity contribution in [2.75, 3.05) is 11.9 Å². The van der Waals surface area contributed by atoms with E-state index < -0.39 is 0 Å². The molecular formula is C19H18N2O4S. The summed E-state index contributed by atoms with van der Waals surface area (Å²) in [6, 6.07) is 11.3. The molecule has 0 saturated carbocycles. The number of hydrogen-bond acceptors (Lipinski definition) is 6. The number of aromatic nitrogens is 1. The number of aliphatic hydroxyl groups is 1. The molecule has 0 radical (unpaired) electrons. The predicted octanol–water partition coefficient (Wildman–Crippen LogP) is 3.57. The van der Waals surface area contributed by atoms with Crippen molar-refractivity contribution in [3.63, 3.8) is 0 Å². The van der Waals surface area contributed by atoms with E-state index in [2.05, 4.69) is 10.3 Å². The van der Waals surface area contributed by atoms with Gasteiger partial charge in [0.25, 0.3) is 5.91 Å². The van der Waals surface area contributed by atoms with Gasteiger partial charge in [0.15, 0.2) is 5.13 Å². The van der Waals surface area contributed by atoms with E-state index in [1.165, 1.54) is 23.5 Å². The molecule has 1 heterocycles. The number of aromatic hydroxyl groups is 2. The molecular weight excluding hydrogens is 352 g/mol. The smallest absolute Gasteiger partial charge is 0.257 e. The Balaban J connectivity index is 1.73. The maximum atomic E-state index is 12.3. The summed E-state index contributed by atoms with van der Waals surface area (Å²) in [7, 11) is 0. The molecule has 0 aliphatic rings. The lowest BCUT2D eigenvalue weighted by molar-refractivity contribution is 0.102. The van der Waals surface area contributed by atoms with Gasteiger partial charge in [-0.15, -0.1) is 11.3 Å². The van der Waals surface area contributed by atoms with Gasteiger partial charge in [-0.3, -0.25) is 10.1 Å². The SMILES string of the molecule is CC(CO)c1ccc(C(=O)Nc2nc(-c3ccc(O)cc3O)cs2)cc1. The Morgan fingerprint density at radius 1 is 1.19 bits per heavy atom. The van der Waals surface area contributed by atoms with Crippen molar-refractivity contribution in [1.29, 1.82) is 0 Å². The van der Waals surface area contributed by atoms with Crippen molar-refractivity contribution < 1.29 is 20.1 Å². The van der Waals surface area contributed by atoms with Crippen LogP contribution >= 0.6 is 11.3 Å². The number of nitrogens with one attached hydrogen (secondary N) is 1. The number of amides is 1. The zero-order valence-electron chi connectivity index (χ0n) is 14.0. The lowest BCUT2D eigenvalue weighted by atomic mass is 10.0. The summed E-state index contributed by atoms with van der Waals surface area (Å²) in [6.07, 6.45) is 0. The van der Waals surface area contributed by atoms with Gasteiger partial charge in [-0.2, -0.15) is 0 Å². The molecule has 3 aromatic rings. The first-order valence-corrected chi connectivity index (χ1v) is 8.86. The Labute approximate surface area is 154 Å². The second-order valence-corrected chi connectivity index (χ2v) is 6.76. The summed E-state index contributed by atoms with van der Waals surface area (Å²) in [5, 5.41) is 33.3. The number of phenolic OH excluding ortho intramolecular Hbond substituents is 2. The number of rotatable bonds is 5. The van der Waals surface area contributed by atoms with Crippen LogP contribution in [0.5, 0.6) is 11.5 Å². The van der Waals surface area contributed by atoms with Gasteiger partial charge in [-0.1, -0.05) is 19.1 Å². The Morgan fingerprint density at radius 2 is 1.92 bits per heavy atom. The summed E-state index contributed by atoms with van der Waals surface area (Å²) in [5.41, 5.74) is 2.43. The molecule has 0 fully saturated rings. The van der Waals surface area contributed by atoms with Crippen LogP contribution < -0.4 is 5.32 Å². The minimum Gasteiger partial charge on any atom is -0.508 e. The third-order valence-electron chi connectivity index (χ3n) is 4.00. The second-order valence-electron chi connectivity index (χ2n) is 5.90.